The van der Waals surface area contributed by atoms with Crippen molar-refractivity contribution in [1.29, 1.82) is 0 Å². The van der Waals surface area contributed by atoms with E-state index in [1.807, 2.05) is 0 Å². The van der Waals surface area contributed by atoms with Crippen LogP contribution in [0.25, 0.3) is 11.6 Å². The number of phenols is 2. The van der Waals surface area contributed by atoms with Gasteiger partial charge in [0.25, 0.3) is 0 Å². The highest BCUT2D eigenvalue weighted by atomic mass is 35.5. The molecule has 0 amide bonds. The summed E-state index contributed by atoms with van der Waals surface area (Å²) in [5.41, 5.74) is 0.0382. The van der Waals surface area contributed by atoms with Crippen molar-refractivity contribution in [2.45, 2.75) is 0 Å². The smallest absolute Gasteiger partial charge is 0.336 e. The van der Waals surface area contributed by atoms with E-state index in [0.29, 0.717) is 0 Å². The van der Waals surface area contributed by atoms with Gasteiger partial charge in [0.05, 0.1) is 10.6 Å². The molecule has 0 aromatic heterocycles. The first-order valence-electron chi connectivity index (χ1n) is 5.92. The summed E-state index contributed by atoms with van der Waals surface area (Å²) in [5.74, 6) is -2.81. The predicted molar refractivity (Wildman–Crippen MR) is 81.7 cm³/mol. The summed E-state index contributed by atoms with van der Waals surface area (Å²) in [7, 11) is 0. The number of rotatable bonds is 3. The quantitative estimate of drug-likeness (QED) is 0.577. The van der Waals surface area contributed by atoms with Gasteiger partial charge in [-0.15, -0.1) is 0 Å². The standard InChI is InChI=1S/C15H9Cl2FO4/c16-11-6-8(13(19)12(17)14(11)20)5-10(15(21)22)7-1-3-9(18)4-2-7/h1-6,19-20H,(H,21,22)/b10-5-. The van der Waals surface area contributed by atoms with Crippen LogP contribution in [-0.4, -0.2) is 21.3 Å². The first kappa shape index (κ1) is 16.1. The molecule has 0 aliphatic rings. The Labute approximate surface area is 134 Å². The number of carboxylic acids is 1. The molecular weight excluding hydrogens is 334 g/mol. The number of aliphatic carboxylic acids is 1. The molecule has 2 rings (SSSR count). The lowest BCUT2D eigenvalue weighted by molar-refractivity contribution is -0.130. The summed E-state index contributed by atoms with van der Waals surface area (Å²) in [4.78, 5) is 11.4. The van der Waals surface area contributed by atoms with Gasteiger partial charge in [0.1, 0.15) is 16.6 Å². The van der Waals surface area contributed by atoms with E-state index in [2.05, 4.69) is 0 Å². The molecule has 114 valence electrons. The van der Waals surface area contributed by atoms with Crippen LogP contribution in [0.5, 0.6) is 11.5 Å². The highest BCUT2D eigenvalue weighted by Gasteiger charge is 2.17. The molecule has 0 saturated heterocycles. The average molecular weight is 343 g/mol. The second kappa shape index (κ2) is 6.25. The molecule has 0 aliphatic carbocycles. The van der Waals surface area contributed by atoms with E-state index in [0.717, 1.165) is 18.2 Å². The van der Waals surface area contributed by atoms with E-state index in [4.69, 9.17) is 23.2 Å². The Morgan fingerprint density at radius 1 is 1.09 bits per heavy atom. The Hall–Kier alpha value is -2.24. The molecular formula is C15H9Cl2FO4. The third-order valence-corrected chi connectivity index (χ3v) is 3.53. The van der Waals surface area contributed by atoms with Gasteiger partial charge < -0.3 is 15.3 Å². The number of hydrogen-bond acceptors (Lipinski definition) is 3. The zero-order valence-electron chi connectivity index (χ0n) is 10.8. The maximum Gasteiger partial charge on any atom is 0.336 e. The largest absolute Gasteiger partial charge is 0.506 e. The van der Waals surface area contributed by atoms with Crippen LogP contribution in [0.4, 0.5) is 4.39 Å². The molecule has 3 N–H and O–H groups in total. The Morgan fingerprint density at radius 3 is 2.23 bits per heavy atom. The topological polar surface area (TPSA) is 77.8 Å². The maximum atomic E-state index is 12.9. The van der Waals surface area contributed by atoms with Gasteiger partial charge in [-0.2, -0.15) is 0 Å². The first-order chi connectivity index (χ1) is 10.3. The predicted octanol–water partition coefficient (Wildman–Crippen LogP) is 4.17. The van der Waals surface area contributed by atoms with Gasteiger partial charge in [0.2, 0.25) is 0 Å². The van der Waals surface area contributed by atoms with Crippen molar-refractivity contribution in [1.82, 2.24) is 0 Å². The Bertz CT molecular complexity index is 770. The highest BCUT2D eigenvalue weighted by molar-refractivity contribution is 6.38. The molecule has 0 bridgehead atoms. The molecule has 4 nitrogen and oxygen atoms in total. The Morgan fingerprint density at radius 2 is 1.68 bits per heavy atom. The monoisotopic (exact) mass is 342 g/mol. The van der Waals surface area contributed by atoms with Crippen LogP contribution in [0.2, 0.25) is 10.0 Å². The molecule has 0 fully saturated rings. The SMILES string of the molecule is O=C(O)/C(=C\c1cc(Cl)c(O)c(Cl)c1O)c1ccc(F)cc1. The third kappa shape index (κ3) is 3.16. The third-order valence-electron chi connectivity index (χ3n) is 2.88. The minimum Gasteiger partial charge on any atom is -0.506 e. The van der Waals surface area contributed by atoms with Crippen molar-refractivity contribution >= 4 is 40.8 Å². The van der Waals surface area contributed by atoms with E-state index in [9.17, 15) is 24.5 Å². The van der Waals surface area contributed by atoms with Crippen LogP contribution in [0.3, 0.4) is 0 Å². The molecule has 7 heteroatoms. The molecule has 0 unspecified atom stereocenters. The molecule has 22 heavy (non-hydrogen) atoms. The second-order valence-electron chi connectivity index (χ2n) is 4.33. The van der Waals surface area contributed by atoms with Crippen molar-refractivity contribution < 1.29 is 24.5 Å². The summed E-state index contributed by atoms with van der Waals surface area (Å²) in [6, 6.07) is 5.97. The van der Waals surface area contributed by atoms with E-state index in [1.165, 1.54) is 18.2 Å². The fourth-order valence-electron chi connectivity index (χ4n) is 1.78. The summed E-state index contributed by atoms with van der Waals surface area (Å²) in [5, 5.41) is 28.1. The fourth-order valence-corrected chi connectivity index (χ4v) is 2.25. The van der Waals surface area contributed by atoms with Crippen LogP contribution in [0.1, 0.15) is 11.1 Å². The number of benzene rings is 2. The normalized spacial score (nSPS) is 11.5. The molecule has 0 spiro atoms. The van der Waals surface area contributed by atoms with Crippen molar-refractivity contribution in [2.75, 3.05) is 0 Å². The Kier molecular flexibility index (Phi) is 4.59. The summed E-state index contributed by atoms with van der Waals surface area (Å²) in [6.07, 6.45) is 1.13. The van der Waals surface area contributed by atoms with Crippen molar-refractivity contribution in [3.8, 4) is 11.5 Å². The molecule has 0 aliphatic heterocycles. The first-order valence-corrected chi connectivity index (χ1v) is 6.67. The molecule has 0 atom stereocenters. The van der Waals surface area contributed by atoms with Crippen LogP contribution in [0, 0.1) is 5.82 Å². The molecule has 0 heterocycles. The van der Waals surface area contributed by atoms with Gasteiger partial charge in [0, 0.05) is 5.56 Å². The second-order valence-corrected chi connectivity index (χ2v) is 5.11. The molecule has 2 aromatic carbocycles. The van der Waals surface area contributed by atoms with Gasteiger partial charge >= 0.3 is 5.97 Å². The molecule has 0 saturated carbocycles. The van der Waals surface area contributed by atoms with Crippen molar-refractivity contribution in [3.63, 3.8) is 0 Å². The van der Waals surface area contributed by atoms with E-state index in [-0.39, 0.29) is 26.7 Å². The van der Waals surface area contributed by atoms with E-state index >= 15 is 0 Å². The minimum atomic E-state index is -1.29. The molecule has 0 radical (unpaired) electrons. The number of halogens is 3. The van der Waals surface area contributed by atoms with Crippen molar-refractivity contribution in [3.05, 3.63) is 57.3 Å². The number of carboxylic acid groups (broad SMARTS) is 1. The molecule has 2 aromatic rings. The summed E-state index contributed by atoms with van der Waals surface area (Å²) in [6.45, 7) is 0. The van der Waals surface area contributed by atoms with Crippen LogP contribution < -0.4 is 0 Å². The van der Waals surface area contributed by atoms with E-state index in [1.54, 1.807) is 0 Å². The number of aromatic hydroxyl groups is 2. The highest BCUT2D eigenvalue weighted by Crippen LogP contribution is 2.42. The van der Waals surface area contributed by atoms with Gasteiger partial charge in [-0.05, 0) is 29.8 Å². The average Bonchev–Trinajstić information content (AvgIpc) is 2.48. The minimum absolute atomic E-state index is 0.00882. The number of phenolic OH excluding ortho intramolecular Hbond substituents is 2. The maximum absolute atomic E-state index is 12.9. The van der Waals surface area contributed by atoms with Gasteiger partial charge in [-0.3, -0.25) is 0 Å². The van der Waals surface area contributed by atoms with Crippen LogP contribution >= 0.6 is 23.2 Å². The van der Waals surface area contributed by atoms with Gasteiger partial charge in [-0.1, -0.05) is 35.3 Å². The van der Waals surface area contributed by atoms with Gasteiger partial charge in [-0.25, -0.2) is 9.18 Å². The van der Waals surface area contributed by atoms with Crippen LogP contribution in [-0.2, 0) is 4.79 Å². The zero-order chi connectivity index (χ0) is 16.4. The fraction of sp³-hybridized carbons (Fsp3) is 0. The zero-order valence-corrected chi connectivity index (χ0v) is 12.4. The lowest BCUT2D eigenvalue weighted by atomic mass is 10.0. The lowest BCUT2D eigenvalue weighted by Gasteiger charge is -2.08. The van der Waals surface area contributed by atoms with Crippen molar-refractivity contribution in [2.24, 2.45) is 0 Å². The Balaban J connectivity index is 2.61. The number of carbonyl (C=O) groups is 1. The summed E-state index contributed by atoms with van der Waals surface area (Å²) >= 11 is 11.5. The summed E-state index contributed by atoms with van der Waals surface area (Å²) < 4.78 is 12.9. The van der Waals surface area contributed by atoms with E-state index < -0.39 is 23.3 Å². The number of hydrogen-bond donors (Lipinski definition) is 3. The lowest BCUT2D eigenvalue weighted by Crippen LogP contribution is -2.00. The van der Waals surface area contributed by atoms with Gasteiger partial charge in [0.15, 0.2) is 5.75 Å². The van der Waals surface area contributed by atoms with Crippen LogP contribution in [0.15, 0.2) is 30.3 Å².